The van der Waals surface area contributed by atoms with E-state index in [9.17, 15) is 4.79 Å². The summed E-state index contributed by atoms with van der Waals surface area (Å²) in [7, 11) is 1.91. The van der Waals surface area contributed by atoms with Crippen molar-refractivity contribution in [3.8, 4) is 17.1 Å². The number of likely N-dealkylation sites (N-methyl/N-ethyl adjacent to an activating group) is 1. The molecular formula is C25H24N6O2. The van der Waals surface area contributed by atoms with Gasteiger partial charge in [0.25, 0.3) is 0 Å². The average molecular weight is 441 g/mol. The Labute approximate surface area is 191 Å². The number of benzene rings is 3. The monoisotopic (exact) mass is 440 g/mol. The lowest BCUT2D eigenvalue weighted by Crippen LogP contribution is -2.21. The van der Waals surface area contributed by atoms with E-state index < -0.39 is 5.91 Å². The van der Waals surface area contributed by atoms with Crippen molar-refractivity contribution < 1.29 is 9.90 Å². The number of amides is 1. The molecule has 0 unspecified atom stereocenters. The number of nitrogens with zero attached hydrogens (tertiary/aromatic N) is 5. The van der Waals surface area contributed by atoms with Crippen molar-refractivity contribution in [2.75, 3.05) is 25.1 Å². The zero-order chi connectivity index (χ0) is 23.0. The Morgan fingerprint density at radius 1 is 1.03 bits per heavy atom. The molecule has 2 N–H and O–H groups in total. The molecule has 0 radical (unpaired) electrons. The fraction of sp³-hybridized carbons (Fsp3) is 0.120. The van der Waals surface area contributed by atoms with Crippen LogP contribution in [0.15, 0.2) is 90.0 Å². The van der Waals surface area contributed by atoms with E-state index in [-0.39, 0.29) is 12.4 Å². The van der Waals surface area contributed by atoms with Crippen LogP contribution in [0.25, 0.3) is 17.1 Å². The summed E-state index contributed by atoms with van der Waals surface area (Å²) in [4.78, 5) is 19.1. The Bertz CT molecular complexity index is 1160. The van der Waals surface area contributed by atoms with Crippen LogP contribution in [0, 0.1) is 0 Å². The fourth-order valence-electron chi connectivity index (χ4n) is 3.24. The molecule has 0 aliphatic carbocycles. The first-order valence-electron chi connectivity index (χ1n) is 10.5. The van der Waals surface area contributed by atoms with Crippen LogP contribution in [-0.2, 0) is 0 Å². The van der Waals surface area contributed by atoms with Gasteiger partial charge in [0.05, 0.1) is 18.5 Å². The Morgan fingerprint density at radius 3 is 2.36 bits per heavy atom. The second-order valence-electron chi connectivity index (χ2n) is 7.31. The fourth-order valence-corrected chi connectivity index (χ4v) is 3.24. The van der Waals surface area contributed by atoms with Crippen molar-refractivity contribution in [1.82, 2.24) is 20.2 Å². The molecule has 0 aliphatic rings. The van der Waals surface area contributed by atoms with E-state index in [1.54, 1.807) is 10.9 Å². The number of anilines is 1. The van der Waals surface area contributed by atoms with Crippen LogP contribution < -0.4 is 10.3 Å². The Balaban J connectivity index is 1.51. The first kappa shape index (κ1) is 21.9. The number of hydrazone groups is 1. The van der Waals surface area contributed by atoms with Gasteiger partial charge >= 0.3 is 5.91 Å². The molecular weight excluding hydrogens is 416 g/mol. The van der Waals surface area contributed by atoms with Gasteiger partial charge in [-0.25, -0.2) is 15.1 Å². The summed E-state index contributed by atoms with van der Waals surface area (Å²) in [5, 5.41) is 17.5. The second kappa shape index (κ2) is 10.3. The highest BCUT2D eigenvalue weighted by Gasteiger charge is 2.18. The number of carbonyl (C=O) groups is 1. The standard InChI is InChI=1S/C25H24N6O2/c1-30(16-17-32)21-14-12-19(13-15-21)18-26-28-25(33)23-27-24(20-8-4-2-5-9-20)31(29-23)22-10-6-3-7-11-22/h2-15,18,32H,16-17H2,1H3,(H,28,33)/b26-18+. The summed E-state index contributed by atoms with van der Waals surface area (Å²) in [5.74, 6) is 0.0896. The number of aliphatic hydroxyl groups is 1. The molecule has 3 aromatic carbocycles. The maximum atomic E-state index is 12.7. The lowest BCUT2D eigenvalue weighted by atomic mass is 10.2. The minimum Gasteiger partial charge on any atom is -0.395 e. The van der Waals surface area contributed by atoms with E-state index in [2.05, 4.69) is 20.6 Å². The molecule has 1 heterocycles. The summed E-state index contributed by atoms with van der Waals surface area (Å²) in [5.41, 5.74) is 5.95. The molecule has 0 saturated carbocycles. The lowest BCUT2D eigenvalue weighted by molar-refractivity contribution is 0.0945. The third kappa shape index (κ3) is 5.31. The third-order valence-corrected chi connectivity index (χ3v) is 4.99. The van der Waals surface area contributed by atoms with Crippen LogP contribution in [0.2, 0.25) is 0 Å². The molecule has 0 aliphatic heterocycles. The zero-order valence-corrected chi connectivity index (χ0v) is 18.2. The average Bonchev–Trinajstić information content (AvgIpc) is 3.31. The zero-order valence-electron chi connectivity index (χ0n) is 18.2. The Hall–Kier alpha value is -4.30. The molecule has 8 nitrogen and oxygen atoms in total. The summed E-state index contributed by atoms with van der Waals surface area (Å²) in [6.07, 6.45) is 1.56. The van der Waals surface area contributed by atoms with E-state index in [1.807, 2.05) is 96.9 Å². The molecule has 166 valence electrons. The van der Waals surface area contributed by atoms with Gasteiger partial charge in [-0.2, -0.15) is 5.10 Å². The molecule has 8 heteroatoms. The summed E-state index contributed by atoms with van der Waals surface area (Å²) < 4.78 is 1.65. The van der Waals surface area contributed by atoms with E-state index in [0.29, 0.717) is 12.4 Å². The van der Waals surface area contributed by atoms with Crippen LogP contribution in [0.4, 0.5) is 5.69 Å². The second-order valence-corrected chi connectivity index (χ2v) is 7.31. The van der Waals surface area contributed by atoms with Crippen molar-refractivity contribution in [1.29, 1.82) is 0 Å². The Morgan fingerprint density at radius 2 is 1.70 bits per heavy atom. The van der Waals surface area contributed by atoms with Crippen molar-refractivity contribution in [3.05, 3.63) is 96.3 Å². The maximum Gasteiger partial charge on any atom is 0.311 e. The first-order chi connectivity index (χ1) is 16.2. The van der Waals surface area contributed by atoms with E-state index in [1.165, 1.54) is 0 Å². The van der Waals surface area contributed by atoms with E-state index in [0.717, 1.165) is 22.5 Å². The third-order valence-electron chi connectivity index (χ3n) is 4.99. The van der Waals surface area contributed by atoms with Crippen LogP contribution in [0.3, 0.4) is 0 Å². The number of hydrogen-bond acceptors (Lipinski definition) is 6. The number of aliphatic hydroxyl groups excluding tert-OH is 1. The lowest BCUT2D eigenvalue weighted by Gasteiger charge is -2.17. The van der Waals surface area contributed by atoms with Gasteiger partial charge in [0.15, 0.2) is 5.82 Å². The van der Waals surface area contributed by atoms with Gasteiger partial charge in [-0.3, -0.25) is 4.79 Å². The number of nitrogens with one attached hydrogen (secondary N) is 1. The smallest absolute Gasteiger partial charge is 0.311 e. The van der Waals surface area contributed by atoms with Crippen molar-refractivity contribution in [2.24, 2.45) is 5.10 Å². The number of carbonyl (C=O) groups excluding carboxylic acids is 1. The van der Waals surface area contributed by atoms with Gasteiger partial charge in [0.2, 0.25) is 5.82 Å². The normalized spacial score (nSPS) is 11.0. The topological polar surface area (TPSA) is 95.6 Å². The summed E-state index contributed by atoms with van der Waals surface area (Å²) in [6.45, 7) is 0.642. The van der Waals surface area contributed by atoms with Gasteiger partial charge in [0, 0.05) is 24.8 Å². The molecule has 0 bridgehead atoms. The molecule has 4 aromatic rings. The number of aromatic nitrogens is 3. The van der Waals surface area contributed by atoms with E-state index >= 15 is 0 Å². The van der Waals surface area contributed by atoms with Crippen molar-refractivity contribution in [3.63, 3.8) is 0 Å². The maximum absolute atomic E-state index is 12.7. The summed E-state index contributed by atoms with van der Waals surface area (Å²) in [6, 6.07) is 26.7. The molecule has 4 rings (SSSR count). The molecule has 0 saturated heterocycles. The number of rotatable bonds is 8. The van der Waals surface area contributed by atoms with Gasteiger partial charge < -0.3 is 10.0 Å². The summed E-state index contributed by atoms with van der Waals surface area (Å²) >= 11 is 0. The molecule has 0 spiro atoms. The minimum atomic E-state index is -0.502. The highest BCUT2D eigenvalue weighted by Crippen LogP contribution is 2.21. The quantitative estimate of drug-likeness (QED) is 0.324. The van der Waals surface area contributed by atoms with Crippen LogP contribution in [0.5, 0.6) is 0 Å². The molecule has 0 atom stereocenters. The molecule has 1 aromatic heterocycles. The van der Waals surface area contributed by atoms with Crippen LogP contribution >= 0.6 is 0 Å². The highest BCUT2D eigenvalue weighted by molar-refractivity contribution is 5.92. The van der Waals surface area contributed by atoms with E-state index in [4.69, 9.17) is 5.11 Å². The van der Waals surface area contributed by atoms with Crippen LogP contribution in [-0.4, -0.2) is 52.2 Å². The number of hydrogen-bond donors (Lipinski definition) is 2. The predicted molar refractivity (Wildman–Crippen MR) is 129 cm³/mol. The SMILES string of the molecule is CN(CCO)c1ccc(/C=N/NC(=O)c2nc(-c3ccccc3)n(-c3ccccc3)n2)cc1. The van der Waals surface area contributed by atoms with Gasteiger partial charge in [-0.05, 0) is 29.8 Å². The Kier molecular flexibility index (Phi) is 6.87. The van der Waals surface area contributed by atoms with Crippen LogP contribution in [0.1, 0.15) is 16.2 Å². The van der Waals surface area contributed by atoms with Gasteiger partial charge in [-0.1, -0.05) is 60.7 Å². The predicted octanol–water partition coefficient (Wildman–Crippen LogP) is 3.13. The number of para-hydroxylation sites is 1. The van der Waals surface area contributed by atoms with Gasteiger partial charge in [-0.15, -0.1) is 5.10 Å². The molecule has 1 amide bonds. The first-order valence-corrected chi connectivity index (χ1v) is 10.5. The highest BCUT2D eigenvalue weighted by atomic mass is 16.3. The van der Waals surface area contributed by atoms with Crippen molar-refractivity contribution >= 4 is 17.8 Å². The van der Waals surface area contributed by atoms with Crippen molar-refractivity contribution in [2.45, 2.75) is 0 Å². The van der Waals surface area contributed by atoms with Gasteiger partial charge in [0.1, 0.15) is 0 Å². The minimum absolute atomic E-state index is 0.0239. The molecule has 33 heavy (non-hydrogen) atoms. The molecule has 0 fully saturated rings. The largest absolute Gasteiger partial charge is 0.395 e.